The van der Waals surface area contributed by atoms with Gasteiger partial charge in [0.05, 0.1) is 10.9 Å². The van der Waals surface area contributed by atoms with E-state index in [0.717, 1.165) is 20.8 Å². The number of rotatable bonds is 8. The number of hydrogen-bond donors (Lipinski definition) is 0. The van der Waals surface area contributed by atoms with E-state index in [4.69, 9.17) is 42.3 Å². The molecule has 0 N–H and O–H groups in total. The fraction of sp³-hybridized carbons (Fsp3) is 0.387. The topological polar surface area (TPSA) is 172 Å². The van der Waals surface area contributed by atoms with E-state index in [0.29, 0.717) is 35.8 Å². The minimum atomic E-state index is -1.45. The largest absolute Gasteiger partial charge is 0.486 e. The Kier molecular flexibility index (Phi) is 9.23. The van der Waals surface area contributed by atoms with Crippen LogP contribution in [-0.2, 0) is 42.9 Å². The number of ether oxygens (including phenoxy) is 8. The van der Waals surface area contributed by atoms with Gasteiger partial charge < -0.3 is 42.3 Å². The summed E-state index contributed by atoms with van der Waals surface area (Å²) in [6.45, 7) is 4.96. The zero-order chi connectivity index (χ0) is 32.2. The summed E-state index contributed by atoms with van der Waals surface area (Å²) in [6.07, 6.45) is -5.49. The Morgan fingerprint density at radius 3 is 2.13 bits per heavy atom. The molecule has 0 bridgehead atoms. The molecule has 45 heavy (non-hydrogen) atoms. The van der Waals surface area contributed by atoms with Gasteiger partial charge >= 0.3 is 23.9 Å². The van der Waals surface area contributed by atoms with Gasteiger partial charge in [-0.05, 0) is 29.8 Å². The fourth-order valence-electron chi connectivity index (χ4n) is 5.01. The molecule has 2 aromatic carbocycles. The zero-order valence-electron chi connectivity index (χ0n) is 24.8. The van der Waals surface area contributed by atoms with Crippen molar-refractivity contribution < 1.29 is 61.5 Å². The lowest BCUT2D eigenvalue weighted by molar-refractivity contribution is -0.288. The first-order chi connectivity index (χ1) is 21.5. The molecule has 5 atom stereocenters. The van der Waals surface area contributed by atoms with E-state index in [-0.39, 0.29) is 22.1 Å². The lowest BCUT2D eigenvalue weighted by Crippen LogP contribution is -2.63. The van der Waals surface area contributed by atoms with Crippen molar-refractivity contribution in [2.45, 2.75) is 58.4 Å². The molecule has 0 radical (unpaired) electrons. The predicted octanol–water partition coefficient (Wildman–Crippen LogP) is 2.69. The molecular formula is C31H30O14. The van der Waals surface area contributed by atoms with E-state index in [9.17, 15) is 24.0 Å². The van der Waals surface area contributed by atoms with Crippen molar-refractivity contribution in [1.29, 1.82) is 0 Å². The Hall–Kier alpha value is -5.11. The highest BCUT2D eigenvalue weighted by atomic mass is 16.7. The van der Waals surface area contributed by atoms with Gasteiger partial charge in [-0.3, -0.25) is 24.0 Å². The molecule has 1 fully saturated rings. The number of carbonyl (C=O) groups excluding carboxylic acids is 4. The van der Waals surface area contributed by atoms with Crippen LogP contribution in [0.1, 0.15) is 27.7 Å². The molecule has 3 heterocycles. The lowest BCUT2D eigenvalue weighted by Gasteiger charge is -2.43. The van der Waals surface area contributed by atoms with E-state index in [2.05, 4.69) is 0 Å². The first-order valence-electron chi connectivity index (χ1n) is 13.9. The van der Waals surface area contributed by atoms with Gasteiger partial charge in [0.15, 0.2) is 29.1 Å². The van der Waals surface area contributed by atoms with Crippen molar-refractivity contribution in [1.82, 2.24) is 0 Å². The second-order valence-corrected chi connectivity index (χ2v) is 10.2. The maximum atomic E-state index is 13.4. The van der Waals surface area contributed by atoms with Crippen molar-refractivity contribution >= 4 is 34.8 Å². The second kappa shape index (κ2) is 13.3. The summed E-state index contributed by atoms with van der Waals surface area (Å²) in [5.74, 6) is -1.73. The minimum absolute atomic E-state index is 0.124. The maximum absolute atomic E-state index is 13.4. The molecule has 5 rings (SSSR count). The fourth-order valence-corrected chi connectivity index (χ4v) is 5.01. The molecule has 0 spiro atoms. The van der Waals surface area contributed by atoms with E-state index >= 15 is 0 Å². The van der Waals surface area contributed by atoms with Crippen LogP contribution in [0.5, 0.6) is 17.2 Å². The molecule has 0 aliphatic carbocycles. The summed E-state index contributed by atoms with van der Waals surface area (Å²) < 4.78 is 50.3. The van der Waals surface area contributed by atoms with Crippen LogP contribution in [0, 0.1) is 0 Å². The highest BCUT2D eigenvalue weighted by Crippen LogP contribution is 2.35. The second-order valence-electron chi connectivity index (χ2n) is 10.2. The number of carbonyl (C=O) groups is 4. The Bertz CT molecular complexity index is 1680. The van der Waals surface area contributed by atoms with Crippen molar-refractivity contribution in [2.75, 3.05) is 19.8 Å². The molecule has 0 saturated carbocycles. The molecule has 3 aromatic rings. The Morgan fingerprint density at radius 1 is 0.778 bits per heavy atom. The van der Waals surface area contributed by atoms with E-state index in [1.807, 2.05) is 0 Å². The van der Waals surface area contributed by atoms with Gasteiger partial charge in [-0.2, -0.15) is 0 Å². The van der Waals surface area contributed by atoms with Crippen molar-refractivity contribution in [3.8, 4) is 28.4 Å². The molecule has 238 valence electrons. The number of hydrogen-bond acceptors (Lipinski definition) is 14. The third-order valence-electron chi connectivity index (χ3n) is 6.80. The summed E-state index contributed by atoms with van der Waals surface area (Å²) >= 11 is 0. The van der Waals surface area contributed by atoms with Crippen LogP contribution in [0.15, 0.2) is 51.9 Å². The highest BCUT2D eigenvalue weighted by molar-refractivity contribution is 5.83. The van der Waals surface area contributed by atoms with Gasteiger partial charge in [-0.1, -0.05) is 6.07 Å². The Morgan fingerprint density at radius 2 is 1.44 bits per heavy atom. The van der Waals surface area contributed by atoms with Crippen LogP contribution in [-0.4, -0.2) is 74.4 Å². The Labute approximate surface area is 256 Å². The zero-order valence-corrected chi connectivity index (χ0v) is 24.8. The summed E-state index contributed by atoms with van der Waals surface area (Å²) in [6, 6.07) is 9.54. The van der Waals surface area contributed by atoms with Gasteiger partial charge in [0, 0.05) is 33.8 Å². The number of benzene rings is 2. The highest BCUT2D eigenvalue weighted by Gasteiger charge is 2.53. The molecule has 2 aliphatic rings. The quantitative estimate of drug-likeness (QED) is 0.264. The molecule has 14 heteroatoms. The third-order valence-corrected chi connectivity index (χ3v) is 6.80. The summed E-state index contributed by atoms with van der Waals surface area (Å²) in [5, 5.41) is 0.247. The van der Waals surface area contributed by atoms with Crippen molar-refractivity contribution in [2.24, 2.45) is 0 Å². The van der Waals surface area contributed by atoms with Crippen LogP contribution in [0.4, 0.5) is 0 Å². The normalized spacial score (nSPS) is 22.2. The first kappa shape index (κ1) is 31.3. The first-order valence-corrected chi connectivity index (χ1v) is 13.9. The molecule has 0 amide bonds. The smallest absolute Gasteiger partial charge is 0.303 e. The molecule has 14 nitrogen and oxygen atoms in total. The van der Waals surface area contributed by atoms with Crippen LogP contribution in [0.25, 0.3) is 22.1 Å². The summed E-state index contributed by atoms with van der Waals surface area (Å²) in [5.41, 5.74) is 0.733. The molecule has 1 saturated heterocycles. The van der Waals surface area contributed by atoms with Crippen LogP contribution >= 0.6 is 0 Å². The number of esters is 4. The summed E-state index contributed by atoms with van der Waals surface area (Å²) in [4.78, 5) is 61.1. The van der Waals surface area contributed by atoms with Crippen molar-refractivity contribution in [3.05, 3.63) is 52.9 Å². The number of fused-ring (bicyclic) bond motifs is 2. The average Bonchev–Trinajstić information content (AvgIpc) is 2.98. The van der Waals surface area contributed by atoms with E-state index in [1.165, 1.54) is 31.4 Å². The molecule has 1 aromatic heterocycles. The van der Waals surface area contributed by atoms with E-state index < -0.39 is 61.2 Å². The van der Waals surface area contributed by atoms with Gasteiger partial charge in [-0.15, -0.1) is 0 Å². The summed E-state index contributed by atoms with van der Waals surface area (Å²) in [7, 11) is 0. The van der Waals surface area contributed by atoms with Gasteiger partial charge in [0.1, 0.15) is 43.5 Å². The molecular weight excluding hydrogens is 596 g/mol. The minimum Gasteiger partial charge on any atom is -0.486 e. The molecule has 0 unspecified atom stereocenters. The van der Waals surface area contributed by atoms with E-state index in [1.54, 1.807) is 18.2 Å². The Balaban J connectivity index is 1.47. The monoisotopic (exact) mass is 626 g/mol. The van der Waals surface area contributed by atoms with Gasteiger partial charge in [0.2, 0.25) is 12.4 Å². The SMILES string of the molecule is CC(=O)OC[C@@H]1O[C@@H](Oc2ccc3c(=O)c(-c4ccc5c(c4)OCCO5)coc3c2)[C@@H](OC(C)=O)[C@@H](OC(C)=O)[C@H]1OC(C)=O. The van der Waals surface area contributed by atoms with Crippen molar-refractivity contribution in [3.63, 3.8) is 0 Å². The van der Waals surface area contributed by atoms with Gasteiger partial charge in [0.25, 0.3) is 0 Å². The van der Waals surface area contributed by atoms with Gasteiger partial charge in [-0.25, -0.2) is 0 Å². The predicted molar refractivity (Wildman–Crippen MR) is 151 cm³/mol. The maximum Gasteiger partial charge on any atom is 0.303 e. The molecule has 2 aliphatic heterocycles. The van der Waals surface area contributed by atoms with Crippen LogP contribution in [0.3, 0.4) is 0 Å². The average molecular weight is 627 g/mol. The standard InChI is InChI=1S/C31H30O14/c1-15(32)39-14-26-28(41-16(2)33)29(42-17(3)34)30(43-18(4)35)31(45-26)44-20-6-7-21-24(12-20)40-13-22(27(21)36)19-5-8-23-25(11-19)38-10-9-37-23/h5-8,11-13,26,28-31H,9-10,14H2,1-4H3/t26-,28-,29-,30-,31+/m0/s1. The van der Waals surface area contributed by atoms with Crippen LogP contribution in [0.2, 0.25) is 0 Å². The lowest BCUT2D eigenvalue weighted by atomic mass is 9.98. The van der Waals surface area contributed by atoms with Crippen LogP contribution < -0.4 is 19.6 Å². The third kappa shape index (κ3) is 7.17.